The van der Waals surface area contributed by atoms with Crippen LogP contribution in [0.15, 0.2) is 18.5 Å². The molecule has 2 heterocycles. The lowest BCUT2D eigenvalue weighted by Gasteiger charge is -2.33. The van der Waals surface area contributed by atoms with E-state index in [0.717, 1.165) is 31.2 Å². The molecule has 2 aliphatic rings. The first-order valence-corrected chi connectivity index (χ1v) is 7.71. The number of aromatic nitrogens is 1. The third-order valence-electron chi connectivity index (χ3n) is 4.49. The summed E-state index contributed by atoms with van der Waals surface area (Å²) in [4.78, 5) is 6.63. The monoisotopic (exact) mass is 279 g/mol. The predicted octanol–water partition coefficient (Wildman–Crippen LogP) is 2.84. The van der Waals surface area contributed by atoms with Gasteiger partial charge in [0.05, 0.1) is 5.02 Å². The van der Waals surface area contributed by atoms with Crippen molar-refractivity contribution in [3.8, 4) is 0 Å². The Labute approximate surface area is 120 Å². The molecule has 1 N–H and O–H groups in total. The van der Waals surface area contributed by atoms with E-state index in [1.54, 1.807) is 6.20 Å². The summed E-state index contributed by atoms with van der Waals surface area (Å²) in [5.74, 6) is 0. The van der Waals surface area contributed by atoms with Crippen LogP contribution >= 0.6 is 11.6 Å². The van der Waals surface area contributed by atoms with Gasteiger partial charge in [-0.3, -0.25) is 9.88 Å². The van der Waals surface area contributed by atoms with Crippen LogP contribution < -0.4 is 5.32 Å². The quantitative estimate of drug-likeness (QED) is 0.902. The van der Waals surface area contributed by atoms with E-state index < -0.39 is 0 Å². The van der Waals surface area contributed by atoms with Crippen LogP contribution in [-0.2, 0) is 6.54 Å². The maximum Gasteiger partial charge on any atom is 0.0634 e. The van der Waals surface area contributed by atoms with Crippen molar-refractivity contribution in [1.29, 1.82) is 0 Å². The van der Waals surface area contributed by atoms with Crippen molar-refractivity contribution in [3.05, 3.63) is 29.0 Å². The Morgan fingerprint density at radius 2 is 2.16 bits per heavy atom. The molecule has 1 aromatic rings. The summed E-state index contributed by atoms with van der Waals surface area (Å²) >= 11 is 6.23. The third-order valence-corrected chi connectivity index (χ3v) is 4.83. The number of nitrogens with zero attached hydrogens (tertiary/aromatic N) is 2. The topological polar surface area (TPSA) is 28.2 Å². The molecule has 104 valence electrons. The van der Waals surface area contributed by atoms with Gasteiger partial charge in [0.15, 0.2) is 0 Å². The van der Waals surface area contributed by atoms with E-state index in [1.807, 2.05) is 12.3 Å². The van der Waals surface area contributed by atoms with Gasteiger partial charge < -0.3 is 5.32 Å². The molecule has 3 nitrogen and oxygen atoms in total. The summed E-state index contributed by atoms with van der Waals surface area (Å²) in [6.45, 7) is 4.42. The second-order valence-electron chi connectivity index (χ2n) is 5.95. The molecule has 1 saturated heterocycles. The van der Waals surface area contributed by atoms with E-state index >= 15 is 0 Å². The van der Waals surface area contributed by atoms with Gasteiger partial charge in [-0.2, -0.15) is 0 Å². The van der Waals surface area contributed by atoms with Crippen molar-refractivity contribution in [2.45, 2.75) is 44.2 Å². The van der Waals surface area contributed by atoms with E-state index in [4.69, 9.17) is 11.6 Å². The predicted molar refractivity (Wildman–Crippen MR) is 78.3 cm³/mol. The van der Waals surface area contributed by atoms with Gasteiger partial charge in [-0.05, 0) is 44.0 Å². The van der Waals surface area contributed by atoms with E-state index in [2.05, 4.69) is 15.2 Å². The molecule has 3 rings (SSSR count). The fraction of sp³-hybridized carbons (Fsp3) is 0.667. The van der Waals surface area contributed by atoms with Gasteiger partial charge in [0.25, 0.3) is 0 Å². The van der Waals surface area contributed by atoms with Gasteiger partial charge in [0, 0.05) is 31.0 Å². The molecule has 1 aliphatic carbocycles. The lowest BCUT2D eigenvalue weighted by molar-refractivity contribution is 0.203. The van der Waals surface area contributed by atoms with Crippen LogP contribution in [0.1, 0.15) is 37.7 Å². The van der Waals surface area contributed by atoms with Crippen molar-refractivity contribution in [2.24, 2.45) is 0 Å². The fourth-order valence-electron chi connectivity index (χ4n) is 3.51. The highest BCUT2D eigenvalue weighted by atomic mass is 35.5. The minimum Gasteiger partial charge on any atom is -0.310 e. The average molecular weight is 280 g/mol. The highest BCUT2D eigenvalue weighted by molar-refractivity contribution is 6.31. The van der Waals surface area contributed by atoms with Gasteiger partial charge in [-0.25, -0.2) is 0 Å². The van der Waals surface area contributed by atoms with E-state index in [0.29, 0.717) is 5.54 Å². The number of hydrogen-bond donors (Lipinski definition) is 1. The average Bonchev–Trinajstić information content (AvgIpc) is 2.76. The zero-order valence-electron chi connectivity index (χ0n) is 11.4. The Kier molecular flexibility index (Phi) is 4.06. The lowest BCUT2D eigenvalue weighted by Crippen LogP contribution is -2.49. The van der Waals surface area contributed by atoms with Crippen LogP contribution in [0, 0.1) is 0 Å². The normalized spacial score (nSPS) is 23.6. The molecule has 4 heteroatoms. The number of rotatable bonds is 2. The van der Waals surface area contributed by atoms with E-state index in [-0.39, 0.29) is 0 Å². The Hall–Kier alpha value is -0.640. The maximum absolute atomic E-state index is 6.23. The molecule has 1 spiro atoms. The van der Waals surface area contributed by atoms with Crippen molar-refractivity contribution >= 4 is 11.6 Å². The molecule has 1 saturated carbocycles. The van der Waals surface area contributed by atoms with Gasteiger partial charge >= 0.3 is 0 Å². The Bertz CT molecular complexity index is 429. The van der Waals surface area contributed by atoms with Crippen LogP contribution in [0.2, 0.25) is 5.02 Å². The molecule has 2 fully saturated rings. The Morgan fingerprint density at radius 1 is 1.32 bits per heavy atom. The van der Waals surface area contributed by atoms with Crippen LogP contribution in [-0.4, -0.2) is 35.1 Å². The standard InChI is InChI=1S/C15H22ClN3/c16-14-10-17-8-4-13(14)11-19-9-3-7-18-15(12-19)5-1-2-6-15/h4,8,10,18H,1-3,5-7,9,11-12H2. The SMILES string of the molecule is Clc1cnccc1CN1CCCNC2(CCCC2)C1. The van der Waals surface area contributed by atoms with Crippen LogP contribution in [0.4, 0.5) is 0 Å². The highest BCUT2D eigenvalue weighted by Crippen LogP contribution is 2.32. The number of nitrogens with one attached hydrogen (secondary N) is 1. The summed E-state index contributed by atoms with van der Waals surface area (Å²) < 4.78 is 0. The largest absolute Gasteiger partial charge is 0.310 e. The Morgan fingerprint density at radius 3 is 2.95 bits per heavy atom. The molecule has 0 amide bonds. The molecule has 0 aromatic carbocycles. The van der Waals surface area contributed by atoms with Crippen LogP contribution in [0.5, 0.6) is 0 Å². The maximum atomic E-state index is 6.23. The number of hydrogen-bond acceptors (Lipinski definition) is 3. The highest BCUT2D eigenvalue weighted by Gasteiger charge is 2.36. The molecule has 0 radical (unpaired) electrons. The van der Waals surface area contributed by atoms with Gasteiger partial charge in [-0.15, -0.1) is 0 Å². The van der Waals surface area contributed by atoms with Gasteiger partial charge in [0.2, 0.25) is 0 Å². The van der Waals surface area contributed by atoms with Crippen molar-refractivity contribution in [1.82, 2.24) is 15.2 Å². The molecular weight excluding hydrogens is 258 g/mol. The smallest absolute Gasteiger partial charge is 0.0634 e. The second-order valence-corrected chi connectivity index (χ2v) is 6.35. The van der Waals surface area contributed by atoms with Gasteiger partial charge in [0.1, 0.15) is 0 Å². The minimum absolute atomic E-state index is 0.371. The first-order chi connectivity index (χ1) is 9.27. The molecule has 1 aromatic heterocycles. The molecule has 0 bridgehead atoms. The molecule has 0 atom stereocenters. The lowest BCUT2D eigenvalue weighted by atomic mass is 9.97. The third kappa shape index (κ3) is 3.10. The van der Waals surface area contributed by atoms with Crippen LogP contribution in [0.25, 0.3) is 0 Å². The molecule has 1 aliphatic heterocycles. The summed E-state index contributed by atoms with van der Waals surface area (Å²) in [6.07, 6.45) is 10.2. The van der Waals surface area contributed by atoms with E-state index in [9.17, 15) is 0 Å². The zero-order chi connectivity index (χ0) is 13.1. The fourth-order valence-corrected chi connectivity index (χ4v) is 3.69. The second kappa shape index (κ2) is 5.78. The summed E-state index contributed by atoms with van der Waals surface area (Å²) in [6, 6.07) is 2.04. The van der Waals surface area contributed by atoms with Crippen molar-refractivity contribution in [2.75, 3.05) is 19.6 Å². The van der Waals surface area contributed by atoms with Crippen molar-refractivity contribution < 1.29 is 0 Å². The first-order valence-electron chi connectivity index (χ1n) is 7.33. The summed E-state index contributed by atoms with van der Waals surface area (Å²) in [5, 5.41) is 4.59. The number of halogens is 1. The minimum atomic E-state index is 0.371. The van der Waals surface area contributed by atoms with E-state index in [1.165, 1.54) is 37.7 Å². The summed E-state index contributed by atoms with van der Waals surface area (Å²) in [7, 11) is 0. The van der Waals surface area contributed by atoms with Crippen molar-refractivity contribution in [3.63, 3.8) is 0 Å². The first kappa shape index (κ1) is 13.3. The number of pyridine rings is 1. The molecule has 19 heavy (non-hydrogen) atoms. The summed E-state index contributed by atoms with van der Waals surface area (Å²) in [5.41, 5.74) is 1.57. The molecular formula is C15H22ClN3. The van der Waals surface area contributed by atoms with Crippen LogP contribution in [0.3, 0.4) is 0 Å². The Balaban J connectivity index is 1.71. The molecule has 0 unspecified atom stereocenters. The zero-order valence-corrected chi connectivity index (χ0v) is 12.1. The van der Waals surface area contributed by atoms with Gasteiger partial charge in [-0.1, -0.05) is 24.4 Å².